The van der Waals surface area contributed by atoms with Gasteiger partial charge in [-0.3, -0.25) is 4.79 Å². The van der Waals surface area contributed by atoms with Gasteiger partial charge in [0.15, 0.2) is 0 Å². The van der Waals surface area contributed by atoms with Gasteiger partial charge in [-0.15, -0.1) is 11.3 Å². The number of hydrogen-bond acceptors (Lipinski definition) is 6. The summed E-state index contributed by atoms with van der Waals surface area (Å²) in [5, 5.41) is 8.88. The molecule has 1 atom stereocenters. The fourth-order valence-corrected chi connectivity index (χ4v) is 5.57. The van der Waals surface area contributed by atoms with Crippen LogP contribution < -0.4 is 5.32 Å². The number of nitrogens with one attached hydrogen (secondary N) is 1. The van der Waals surface area contributed by atoms with Gasteiger partial charge in [-0.2, -0.15) is 0 Å². The second-order valence-electron chi connectivity index (χ2n) is 10.7. The highest BCUT2D eigenvalue weighted by atomic mass is 32.1. The van der Waals surface area contributed by atoms with Crippen LogP contribution in [-0.4, -0.2) is 28.4 Å². The SMILES string of the molecule is CC(C)CN(Cc1csc(C(C)C)n1)C(=O)[C@@H](Cc1ccc2occc2c1)NCc1ccc2occc2c1. The molecule has 198 valence electrons. The second-order valence-corrected chi connectivity index (χ2v) is 11.6. The first kappa shape index (κ1) is 26.2. The summed E-state index contributed by atoms with van der Waals surface area (Å²) in [5.41, 5.74) is 4.87. The molecule has 7 heteroatoms. The normalized spacial score (nSPS) is 12.7. The molecule has 0 aliphatic rings. The van der Waals surface area contributed by atoms with E-state index in [1.165, 1.54) is 0 Å². The lowest BCUT2D eigenvalue weighted by Crippen LogP contribution is -2.48. The van der Waals surface area contributed by atoms with E-state index >= 15 is 0 Å². The highest BCUT2D eigenvalue weighted by molar-refractivity contribution is 7.09. The van der Waals surface area contributed by atoms with Crippen LogP contribution in [-0.2, 0) is 24.3 Å². The molecule has 3 heterocycles. The summed E-state index contributed by atoms with van der Waals surface area (Å²) in [6, 6.07) is 15.8. The molecule has 1 N–H and O–H groups in total. The monoisotopic (exact) mass is 529 g/mol. The summed E-state index contributed by atoms with van der Waals surface area (Å²) in [5.74, 6) is 0.811. The maximum absolute atomic E-state index is 14.1. The predicted octanol–water partition coefficient (Wildman–Crippen LogP) is 7.14. The molecule has 0 saturated heterocycles. The molecule has 5 rings (SSSR count). The van der Waals surface area contributed by atoms with E-state index in [0.29, 0.717) is 37.9 Å². The molecule has 5 aromatic rings. The molecule has 1 amide bonds. The minimum Gasteiger partial charge on any atom is -0.464 e. The van der Waals surface area contributed by atoms with Crippen molar-refractivity contribution >= 4 is 39.2 Å². The van der Waals surface area contributed by atoms with Crippen LogP contribution in [0.3, 0.4) is 0 Å². The number of aromatic nitrogens is 1. The molecule has 3 aromatic heterocycles. The quantitative estimate of drug-likeness (QED) is 0.197. The van der Waals surface area contributed by atoms with Crippen LogP contribution in [0.1, 0.15) is 55.4 Å². The van der Waals surface area contributed by atoms with Crippen LogP contribution in [0, 0.1) is 5.92 Å². The lowest BCUT2D eigenvalue weighted by atomic mass is 10.0. The summed E-state index contributed by atoms with van der Waals surface area (Å²) in [6.45, 7) is 10.4. The van der Waals surface area contributed by atoms with Crippen molar-refractivity contribution in [2.24, 2.45) is 5.92 Å². The Morgan fingerprint density at radius 2 is 1.61 bits per heavy atom. The molecule has 0 unspecified atom stereocenters. The van der Waals surface area contributed by atoms with Crippen LogP contribution in [0.15, 0.2) is 75.3 Å². The minimum atomic E-state index is -0.388. The summed E-state index contributed by atoms with van der Waals surface area (Å²) in [6.07, 6.45) is 3.98. The zero-order valence-electron chi connectivity index (χ0n) is 22.4. The Morgan fingerprint density at radius 1 is 0.947 bits per heavy atom. The molecule has 38 heavy (non-hydrogen) atoms. The van der Waals surface area contributed by atoms with E-state index in [-0.39, 0.29) is 11.9 Å². The number of nitrogens with zero attached hydrogens (tertiary/aromatic N) is 2. The smallest absolute Gasteiger partial charge is 0.240 e. The second kappa shape index (κ2) is 11.5. The highest BCUT2D eigenvalue weighted by Gasteiger charge is 2.26. The first-order valence-electron chi connectivity index (χ1n) is 13.2. The largest absolute Gasteiger partial charge is 0.464 e. The van der Waals surface area contributed by atoms with Crippen LogP contribution >= 0.6 is 11.3 Å². The van der Waals surface area contributed by atoms with Gasteiger partial charge >= 0.3 is 0 Å². The maximum atomic E-state index is 14.1. The maximum Gasteiger partial charge on any atom is 0.240 e. The first-order valence-corrected chi connectivity index (χ1v) is 14.1. The molecule has 0 fully saturated rings. The first-order chi connectivity index (χ1) is 18.4. The van der Waals surface area contributed by atoms with E-state index in [9.17, 15) is 4.79 Å². The van der Waals surface area contributed by atoms with Crippen molar-refractivity contribution < 1.29 is 13.6 Å². The van der Waals surface area contributed by atoms with E-state index in [4.69, 9.17) is 13.8 Å². The molecule has 0 bridgehead atoms. The van der Waals surface area contributed by atoms with Crippen LogP contribution in [0.2, 0.25) is 0 Å². The third kappa shape index (κ3) is 6.17. The van der Waals surface area contributed by atoms with E-state index in [2.05, 4.69) is 50.5 Å². The Labute approximate surface area is 227 Å². The Balaban J connectivity index is 1.40. The van der Waals surface area contributed by atoms with Crippen LogP contribution in [0.25, 0.3) is 21.9 Å². The zero-order chi connectivity index (χ0) is 26.6. The number of carbonyl (C=O) groups excluding carboxylic acids is 1. The lowest BCUT2D eigenvalue weighted by molar-refractivity contribution is -0.134. The average Bonchev–Trinajstić information content (AvgIpc) is 3.65. The van der Waals surface area contributed by atoms with E-state index in [1.807, 2.05) is 41.3 Å². The Kier molecular flexibility index (Phi) is 7.95. The van der Waals surface area contributed by atoms with Gasteiger partial charge in [0.05, 0.1) is 35.8 Å². The van der Waals surface area contributed by atoms with Gasteiger partial charge < -0.3 is 19.1 Å². The standard InChI is InChI=1S/C31H35N3O3S/c1-20(2)17-34(18-26-19-38-30(33-26)21(3)4)31(35)27(15-22-5-7-28-24(13-22)9-11-36-28)32-16-23-6-8-29-25(14-23)10-12-37-29/h5-14,19-21,27,32H,15-18H2,1-4H3/t27-/m1/s1. The fraction of sp³-hybridized carbons (Fsp3) is 0.355. The third-order valence-corrected chi connectivity index (χ3v) is 7.83. The number of thiazole rings is 1. The Hall–Kier alpha value is -3.42. The molecular weight excluding hydrogens is 494 g/mol. The Bertz CT molecular complexity index is 1510. The summed E-state index contributed by atoms with van der Waals surface area (Å²) < 4.78 is 11.0. The number of hydrogen-bond donors (Lipinski definition) is 1. The summed E-state index contributed by atoms with van der Waals surface area (Å²) in [7, 11) is 0. The molecule has 0 spiro atoms. The van der Waals surface area contributed by atoms with Crippen LogP contribution in [0.4, 0.5) is 0 Å². The topological polar surface area (TPSA) is 71.5 Å². The zero-order valence-corrected chi connectivity index (χ0v) is 23.3. The van der Waals surface area contributed by atoms with E-state index in [1.54, 1.807) is 23.9 Å². The van der Waals surface area contributed by atoms with Crippen molar-refractivity contribution in [1.82, 2.24) is 15.2 Å². The summed E-state index contributed by atoms with van der Waals surface area (Å²) in [4.78, 5) is 20.9. The van der Waals surface area contributed by atoms with Crippen molar-refractivity contribution in [1.29, 1.82) is 0 Å². The number of rotatable bonds is 11. The molecule has 0 aliphatic carbocycles. The number of carbonyl (C=O) groups is 1. The van der Waals surface area contributed by atoms with Crippen molar-refractivity contribution in [2.75, 3.05) is 6.54 Å². The van der Waals surface area contributed by atoms with Gasteiger partial charge in [0.1, 0.15) is 11.2 Å². The molecule has 2 aromatic carbocycles. The van der Waals surface area contributed by atoms with Crippen molar-refractivity contribution in [3.8, 4) is 0 Å². The molecular formula is C31H35N3O3S. The van der Waals surface area contributed by atoms with E-state index < -0.39 is 0 Å². The van der Waals surface area contributed by atoms with Crippen molar-refractivity contribution in [2.45, 2.75) is 59.2 Å². The molecule has 0 radical (unpaired) electrons. The molecule has 0 saturated carbocycles. The van der Waals surface area contributed by atoms with E-state index in [0.717, 1.165) is 43.8 Å². The highest BCUT2D eigenvalue weighted by Crippen LogP contribution is 2.23. The fourth-order valence-electron chi connectivity index (χ4n) is 4.74. The predicted molar refractivity (Wildman–Crippen MR) is 153 cm³/mol. The van der Waals surface area contributed by atoms with Gasteiger partial charge in [-0.05, 0) is 59.9 Å². The Morgan fingerprint density at radius 3 is 2.24 bits per heavy atom. The number of fused-ring (bicyclic) bond motifs is 2. The third-order valence-electron chi connectivity index (χ3n) is 6.64. The van der Waals surface area contributed by atoms with Crippen molar-refractivity contribution in [3.05, 3.63) is 88.3 Å². The van der Waals surface area contributed by atoms with Gasteiger partial charge in [0, 0.05) is 35.2 Å². The number of benzene rings is 2. The minimum absolute atomic E-state index is 0.0921. The number of furan rings is 2. The van der Waals surface area contributed by atoms with Crippen molar-refractivity contribution in [3.63, 3.8) is 0 Å². The number of amides is 1. The lowest BCUT2D eigenvalue weighted by Gasteiger charge is -2.29. The molecule has 0 aliphatic heterocycles. The van der Waals surface area contributed by atoms with Gasteiger partial charge in [0.2, 0.25) is 5.91 Å². The van der Waals surface area contributed by atoms with Gasteiger partial charge in [-0.25, -0.2) is 4.98 Å². The van der Waals surface area contributed by atoms with Gasteiger partial charge in [-0.1, -0.05) is 39.8 Å². The summed E-state index contributed by atoms with van der Waals surface area (Å²) >= 11 is 1.67. The van der Waals surface area contributed by atoms with Gasteiger partial charge in [0.25, 0.3) is 0 Å². The average molecular weight is 530 g/mol. The molecule has 6 nitrogen and oxygen atoms in total. The van der Waals surface area contributed by atoms with Crippen LogP contribution in [0.5, 0.6) is 0 Å².